The first kappa shape index (κ1) is 17.6. The number of pyridine rings is 1. The first-order valence-electron chi connectivity index (χ1n) is 7.86. The van der Waals surface area contributed by atoms with Crippen LogP contribution in [0.2, 0.25) is 0 Å². The van der Waals surface area contributed by atoms with Gasteiger partial charge in [0.25, 0.3) is 5.91 Å². The summed E-state index contributed by atoms with van der Waals surface area (Å²) in [5.41, 5.74) is 5.83. The number of halogens is 1. The van der Waals surface area contributed by atoms with Crippen LogP contribution >= 0.6 is 0 Å². The van der Waals surface area contributed by atoms with Gasteiger partial charge in [-0.05, 0) is 6.42 Å². The Morgan fingerprint density at radius 3 is 3.08 bits per heavy atom. The number of nitrogens with zero attached hydrogens (tertiary/aromatic N) is 4. The van der Waals surface area contributed by atoms with Gasteiger partial charge in [0, 0.05) is 30.6 Å². The van der Waals surface area contributed by atoms with E-state index in [1.165, 1.54) is 24.1 Å². The van der Waals surface area contributed by atoms with Crippen LogP contribution in [0.1, 0.15) is 22.8 Å². The van der Waals surface area contributed by atoms with E-state index in [4.69, 9.17) is 15.2 Å². The molecule has 0 spiro atoms. The number of amides is 1. The van der Waals surface area contributed by atoms with Gasteiger partial charge in [-0.3, -0.25) is 9.48 Å². The molecule has 0 aliphatic carbocycles. The van der Waals surface area contributed by atoms with Crippen LogP contribution in [0.5, 0.6) is 5.88 Å². The van der Waals surface area contributed by atoms with E-state index in [-0.39, 0.29) is 29.2 Å². The van der Waals surface area contributed by atoms with Crippen molar-refractivity contribution < 1.29 is 18.7 Å². The topological polar surface area (TPSA) is 128 Å². The maximum Gasteiger partial charge on any atom is 0.254 e. The lowest BCUT2D eigenvalue weighted by molar-refractivity contribution is 0.0342. The number of nitriles is 1. The lowest BCUT2D eigenvalue weighted by Gasteiger charge is -2.26. The zero-order valence-electron chi connectivity index (χ0n) is 14.0. The number of ether oxygens (including phenoxy) is 2. The highest BCUT2D eigenvalue weighted by molar-refractivity contribution is 5.98. The summed E-state index contributed by atoms with van der Waals surface area (Å²) in [6, 6.07) is 4.48. The van der Waals surface area contributed by atoms with E-state index in [1.54, 1.807) is 0 Å². The van der Waals surface area contributed by atoms with Gasteiger partial charge >= 0.3 is 0 Å². The predicted octanol–water partition coefficient (Wildman–Crippen LogP) is 1.37. The highest BCUT2D eigenvalue weighted by atomic mass is 19.1. The molecule has 1 fully saturated rings. The number of methoxy groups -OCH3 is 1. The number of rotatable bonds is 5. The molecule has 3 heterocycles. The summed E-state index contributed by atoms with van der Waals surface area (Å²) >= 11 is 0. The normalized spacial score (nSPS) is 19.6. The van der Waals surface area contributed by atoms with E-state index in [2.05, 4.69) is 21.5 Å². The summed E-state index contributed by atoms with van der Waals surface area (Å²) in [7, 11) is 1.36. The summed E-state index contributed by atoms with van der Waals surface area (Å²) in [6.07, 6.45) is 2.03. The molecule has 0 saturated carbocycles. The fraction of sp³-hybridized carbons (Fsp3) is 0.375. The number of aromatic nitrogens is 3. The average Bonchev–Trinajstić information content (AvgIpc) is 3.05. The second kappa shape index (κ2) is 7.37. The molecule has 3 N–H and O–H groups in total. The van der Waals surface area contributed by atoms with Crippen molar-refractivity contribution in [2.45, 2.75) is 12.5 Å². The van der Waals surface area contributed by atoms with Gasteiger partial charge in [-0.15, -0.1) is 0 Å². The third kappa shape index (κ3) is 3.57. The van der Waals surface area contributed by atoms with E-state index in [0.717, 1.165) is 6.07 Å². The average molecular weight is 360 g/mol. The molecule has 9 nitrogen and oxygen atoms in total. The Kier molecular flexibility index (Phi) is 4.99. The Morgan fingerprint density at radius 1 is 1.58 bits per heavy atom. The van der Waals surface area contributed by atoms with Crippen LogP contribution in [-0.4, -0.2) is 41.0 Å². The molecule has 0 aromatic carbocycles. The first-order chi connectivity index (χ1) is 12.5. The molecular weight excluding hydrogens is 343 g/mol. The maximum absolute atomic E-state index is 13.6. The Labute approximate surface area is 148 Å². The molecule has 0 bridgehead atoms. The summed E-state index contributed by atoms with van der Waals surface area (Å²) < 4.78 is 25.4. The number of hydrogen-bond acceptors (Lipinski definition) is 7. The van der Waals surface area contributed by atoms with Gasteiger partial charge < -0.3 is 20.5 Å². The zero-order chi connectivity index (χ0) is 18.7. The van der Waals surface area contributed by atoms with Crippen LogP contribution in [-0.2, 0) is 4.74 Å². The van der Waals surface area contributed by atoms with Crippen molar-refractivity contribution >= 4 is 17.4 Å². The molecule has 3 rings (SSSR count). The molecular formula is C16H17FN6O3. The molecule has 1 unspecified atom stereocenters. The number of anilines is 2. The van der Waals surface area contributed by atoms with Crippen LogP contribution in [0.4, 0.5) is 15.9 Å². The monoisotopic (exact) mass is 360 g/mol. The van der Waals surface area contributed by atoms with Crippen LogP contribution in [0.25, 0.3) is 0 Å². The molecule has 136 valence electrons. The minimum absolute atomic E-state index is 0.0674. The van der Waals surface area contributed by atoms with Gasteiger partial charge in [-0.2, -0.15) is 19.7 Å². The second-order valence-corrected chi connectivity index (χ2v) is 5.75. The smallest absolute Gasteiger partial charge is 0.254 e. The highest BCUT2D eigenvalue weighted by Gasteiger charge is 2.29. The van der Waals surface area contributed by atoms with Gasteiger partial charge in [0.05, 0.1) is 31.7 Å². The third-order valence-electron chi connectivity index (χ3n) is 4.07. The van der Waals surface area contributed by atoms with Crippen LogP contribution in [0.15, 0.2) is 18.3 Å². The summed E-state index contributed by atoms with van der Waals surface area (Å²) in [5.74, 6) is -1.54. The highest BCUT2D eigenvalue weighted by Crippen LogP contribution is 2.29. The molecule has 1 aliphatic heterocycles. The Balaban J connectivity index is 1.94. The predicted molar refractivity (Wildman–Crippen MR) is 88.4 cm³/mol. The van der Waals surface area contributed by atoms with E-state index >= 15 is 0 Å². The van der Waals surface area contributed by atoms with Crippen LogP contribution in [0.3, 0.4) is 0 Å². The molecule has 2 aromatic heterocycles. The summed E-state index contributed by atoms with van der Waals surface area (Å²) in [4.78, 5) is 15.3. The van der Waals surface area contributed by atoms with Crippen molar-refractivity contribution in [1.82, 2.24) is 14.8 Å². The van der Waals surface area contributed by atoms with Crippen molar-refractivity contribution in [2.75, 3.05) is 25.6 Å². The first-order valence-corrected chi connectivity index (χ1v) is 7.86. The SMILES string of the molecule is COc1cc(Nc2nn([C@H]3COCCC3C#N)cc2C(N)=O)cc(F)n1. The Morgan fingerprint density at radius 2 is 2.38 bits per heavy atom. The van der Waals surface area contributed by atoms with Gasteiger partial charge in [-0.25, -0.2) is 0 Å². The fourth-order valence-electron chi connectivity index (χ4n) is 2.75. The van der Waals surface area contributed by atoms with Crippen molar-refractivity contribution in [3.63, 3.8) is 0 Å². The molecule has 26 heavy (non-hydrogen) atoms. The Hall–Kier alpha value is -3.19. The minimum Gasteiger partial charge on any atom is -0.481 e. The van der Waals surface area contributed by atoms with Crippen molar-refractivity contribution in [3.05, 3.63) is 29.8 Å². The van der Waals surface area contributed by atoms with Crippen molar-refractivity contribution in [1.29, 1.82) is 5.26 Å². The number of carbonyl (C=O) groups excluding carboxylic acids is 1. The van der Waals surface area contributed by atoms with Crippen LogP contribution in [0, 0.1) is 23.2 Å². The number of primary amides is 1. The van der Waals surface area contributed by atoms with Gasteiger partial charge in [0.2, 0.25) is 11.8 Å². The van der Waals surface area contributed by atoms with Crippen LogP contribution < -0.4 is 15.8 Å². The molecule has 2 aromatic rings. The van der Waals surface area contributed by atoms with Gasteiger partial charge in [-0.1, -0.05) is 0 Å². The standard InChI is InChI=1S/C16H17FN6O3/c1-25-14-5-10(4-13(17)21-14)20-16-11(15(19)24)7-23(22-16)12-8-26-3-2-9(12)6-18/h4-5,7,9,12H,2-3,8H2,1H3,(H2,19,24)(H,20,21,22)/t9?,12-/m0/s1. The van der Waals surface area contributed by atoms with Gasteiger partial charge in [0.15, 0.2) is 5.82 Å². The summed E-state index contributed by atoms with van der Waals surface area (Å²) in [5, 5.41) is 16.5. The zero-order valence-corrected chi connectivity index (χ0v) is 14.0. The lowest BCUT2D eigenvalue weighted by Crippen LogP contribution is -2.29. The van der Waals surface area contributed by atoms with E-state index in [1.807, 2.05) is 0 Å². The second-order valence-electron chi connectivity index (χ2n) is 5.75. The molecule has 1 saturated heterocycles. The Bertz CT molecular complexity index is 862. The van der Waals surface area contributed by atoms with E-state index < -0.39 is 11.9 Å². The molecule has 1 aliphatic rings. The number of hydrogen-bond donors (Lipinski definition) is 2. The van der Waals surface area contributed by atoms with E-state index in [9.17, 15) is 14.4 Å². The maximum atomic E-state index is 13.6. The molecule has 2 atom stereocenters. The molecule has 10 heteroatoms. The molecule has 1 amide bonds. The van der Waals surface area contributed by atoms with E-state index in [0.29, 0.717) is 25.3 Å². The number of nitrogens with one attached hydrogen (secondary N) is 1. The fourth-order valence-corrected chi connectivity index (χ4v) is 2.75. The largest absolute Gasteiger partial charge is 0.481 e. The lowest BCUT2D eigenvalue weighted by atomic mass is 9.97. The quantitative estimate of drug-likeness (QED) is 0.771. The van der Waals surface area contributed by atoms with Crippen molar-refractivity contribution in [2.24, 2.45) is 11.7 Å². The molecule has 0 radical (unpaired) electrons. The third-order valence-corrected chi connectivity index (χ3v) is 4.07. The van der Waals surface area contributed by atoms with Gasteiger partial charge in [0.1, 0.15) is 5.56 Å². The van der Waals surface area contributed by atoms with Crippen molar-refractivity contribution in [3.8, 4) is 11.9 Å². The minimum atomic E-state index is -0.753. The number of nitrogens with two attached hydrogens (primary N) is 1. The summed E-state index contributed by atoms with van der Waals surface area (Å²) in [6.45, 7) is 0.801. The number of carbonyl (C=O) groups is 1.